The Balaban J connectivity index is 1.93. The molecule has 2 heterocycles. The van der Waals surface area contributed by atoms with E-state index in [4.69, 9.17) is 8.94 Å². The van der Waals surface area contributed by atoms with Gasteiger partial charge in [0.25, 0.3) is 0 Å². The van der Waals surface area contributed by atoms with Gasteiger partial charge in [0.15, 0.2) is 5.82 Å². The zero-order valence-electron chi connectivity index (χ0n) is 8.19. The van der Waals surface area contributed by atoms with E-state index in [0.717, 1.165) is 0 Å². The highest BCUT2D eigenvalue weighted by Crippen LogP contribution is 2.08. The molecule has 5 heteroatoms. The molecule has 0 atom stereocenters. The van der Waals surface area contributed by atoms with Gasteiger partial charge in [0, 0.05) is 6.07 Å². The number of hydrogen-bond acceptors (Lipinski definition) is 4. The predicted molar refractivity (Wildman–Crippen MR) is 52.3 cm³/mol. The molecule has 0 unspecified atom stereocenters. The average molecular weight is 206 g/mol. The lowest BCUT2D eigenvalue weighted by Crippen LogP contribution is -2.14. The Bertz CT molecular complexity index is 445. The summed E-state index contributed by atoms with van der Waals surface area (Å²) in [5.41, 5.74) is 0. The van der Waals surface area contributed by atoms with Crippen LogP contribution in [0.4, 0.5) is 5.82 Å². The lowest BCUT2D eigenvalue weighted by molar-refractivity contribution is -0.115. The van der Waals surface area contributed by atoms with Gasteiger partial charge in [-0.3, -0.25) is 4.79 Å². The van der Waals surface area contributed by atoms with Gasteiger partial charge in [0.1, 0.15) is 11.5 Å². The van der Waals surface area contributed by atoms with E-state index in [2.05, 4.69) is 10.5 Å². The molecule has 5 nitrogen and oxygen atoms in total. The molecule has 0 aliphatic heterocycles. The first-order valence-corrected chi connectivity index (χ1v) is 4.49. The van der Waals surface area contributed by atoms with Crippen molar-refractivity contribution in [3.05, 3.63) is 36.0 Å². The second kappa shape index (κ2) is 4.00. The molecule has 15 heavy (non-hydrogen) atoms. The predicted octanol–water partition coefficient (Wildman–Crippen LogP) is 1.76. The Morgan fingerprint density at radius 1 is 1.60 bits per heavy atom. The van der Waals surface area contributed by atoms with E-state index in [1.165, 1.54) is 6.26 Å². The molecule has 0 fully saturated rings. The third kappa shape index (κ3) is 2.46. The topological polar surface area (TPSA) is 68.3 Å². The van der Waals surface area contributed by atoms with Gasteiger partial charge in [-0.1, -0.05) is 5.16 Å². The van der Waals surface area contributed by atoms with E-state index in [-0.39, 0.29) is 12.3 Å². The van der Waals surface area contributed by atoms with Crippen molar-refractivity contribution in [3.63, 3.8) is 0 Å². The van der Waals surface area contributed by atoms with Gasteiger partial charge in [-0.05, 0) is 19.1 Å². The first-order valence-electron chi connectivity index (χ1n) is 4.49. The smallest absolute Gasteiger partial charge is 0.233 e. The zero-order chi connectivity index (χ0) is 10.7. The molecule has 0 radical (unpaired) electrons. The molecule has 2 aromatic rings. The van der Waals surface area contributed by atoms with Crippen molar-refractivity contribution in [2.45, 2.75) is 13.3 Å². The van der Waals surface area contributed by atoms with Gasteiger partial charge in [0.2, 0.25) is 5.91 Å². The lowest BCUT2D eigenvalue weighted by atomic mass is 10.3. The van der Waals surface area contributed by atoms with Crippen LogP contribution >= 0.6 is 0 Å². The molecular weight excluding hydrogens is 196 g/mol. The summed E-state index contributed by atoms with van der Waals surface area (Å²) in [6.45, 7) is 1.76. The number of anilines is 1. The van der Waals surface area contributed by atoms with Crippen LogP contribution in [-0.2, 0) is 11.2 Å². The molecule has 0 bridgehead atoms. The van der Waals surface area contributed by atoms with Crippen LogP contribution in [0.15, 0.2) is 33.4 Å². The standard InChI is InChI=1S/C10H10N2O3/c1-7-5-9(12-15-7)11-10(13)6-8-3-2-4-14-8/h2-5H,6H2,1H3,(H,11,12,13). The highest BCUT2D eigenvalue weighted by atomic mass is 16.5. The molecule has 2 aromatic heterocycles. The van der Waals surface area contributed by atoms with Crippen molar-refractivity contribution in [2.75, 3.05) is 5.32 Å². The van der Waals surface area contributed by atoms with Crippen LogP contribution in [-0.4, -0.2) is 11.1 Å². The highest BCUT2D eigenvalue weighted by Gasteiger charge is 2.08. The Morgan fingerprint density at radius 2 is 2.47 bits per heavy atom. The summed E-state index contributed by atoms with van der Waals surface area (Å²) in [5, 5.41) is 6.24. The van der Waals surface area contributed by atoms with Crippen LogP contribution in [0.5, 0.6) is 0 Å². The van der Waals surface area contributed by atoms with E-state index < -0.39 is 0 Å². The Morgan fingerprint density at radius 3 is 3.07 bits per heavy atom. The van der Waals surface area contributed by atoms with Crippen LogP contribution in [0, 0.1) is 6.92 Å². The van der Waals surface area contributed by atoms with Gasteiger partial charge in [0.05, 0.1) is 12.7 Å². The molecular formula is C10H10N2O3. The minimum atomic E-state index is -0.182. The Hall–Kier alpha value is -2.04. The minimum Gasteiger partial charge on any atom is -0.469 e. The Labute approximate surface area is 86.1 Å². The van der Waals surface area contributed by atoms with Crippen molar-refractivity contribution < 1.29 is 13.7 Å². The third-order valence-electron chi connectivity index (χ3n) is 1.81. The fraction of sp³-hybridized carbons (Fsp3) is 0.200. The van der Waals surface area contributed by atoms with E-state index in [1.807, 2.05) is 0 Å². The fourth-order valence-corrected chi connectivity index (χ4v) is 1.18. The summed E-state index contributed by atoms with van der Waals surface area (Å²) >= 11 is 0. The van der Waals surface area contributed by atoms with Crippen LogP contribution < -0.4 is 5.32 Å². The summed E-state index contributed by atoms with van der Waals surface area (Å²) in [6.07, 6.45) is 1.72. The maximum absolute atomic E-state index is 11.4. The normalized spacial score (nSPS) is 10.2. The van der Waals surface area contributed by atoms with Gasteiger partial charge in [-0.25, -0.2) is 0 Å². The van der Waals surface area contributed by atoms with Crippen LogP contribution in [0.2, 0.25) is 0 Å². The summed E-state index contributed by atoms with van der Waals surface area (Å²) in [4.78, 5) is 11.4. The molecule has 0 spiro atoms. The second-order valence-electron chi connectivity index (χ2n) is 3.13. The number of carbonyl (C=O) groups is 1. The number of rotatable bonds is 3. The summed E-state index contributed by atoms with van der Waals surface area (Å²) in [6, 6.07) is 5.14. The maximum Gasteiger partial charge on any atom is 0.233 e. The van der Waals surface area contributed by atoms with Crippen molar-refractivity contribution in [1.29, 1.82) is 0 Å². The van der Waals surface area contributed by atoms with E-state index >= 15 is 0 Å². The largest absolute Gasteiger partial charge is 0.469 e. The highest BCUT2D eigenvalue weighted by molar-refractivity contribution is 5.90. The SMILES string of the molecule is Cc1cc(NC(=O)Cc2ccco2)no1. The molecule has 0 aliphatic rings. The fourth-order valence-electron chi connectivity index (χ4n) is 1.18. The Kier molecular flexibility index (Phi) is 2.53. The number of carbonyl (C=O) groups excluding carboxylic acids is 1. The summed E-state index contributed by atoms with van der Waals surface area (Å²) in [5.74, 6) is 1.51. The molecule has 1 amide bonds. The number of nitrogens with zero attached hydrogens (tertiary/aromatic N) is 1. The first kappa shape index (κ1) is 9.51. The molecule has 0 aliphatic carbocycles. The molecule has 0 aromatic carbocycles. The molecule has 2 rings (SSSR count). The van der Waals surface area contributed by atoms with Gasteiger partial charge in [-0.2, -0.15) is 0 Å². The monoisotopic (exact) mass is 206 g/mol. The van der Waals surface area contributed by atoms with Crippen molar-refractivity contribution in [1.82, 2.24) is 5.16 Å². The number of hydrogen-bond donors (Lipinski definition) is 1. The van der Waals surface area contributed by atoms with Crippen LogP contribution in [0.3, 0.4) is 0 Å². The van der Waals surface area contributed by atoms with Crippen LogP contribution in [0.1, 0.15) is 11.5 Å². The van der Waals surface area contributed by atoms with E-state index in [0.29, 0.717) is 17.3 Å². The molecule has 0 saturated heterocycles. The van der Waals surface area contributed by atoms with Crippen molar-refractivity contribution in [3.8, 4) is 0 Å². The molecule has 0 saturated carbocycles. The van der Waals surface area contributed by atoms with Crippen molar-refractivity contribution >= 4 is 11.7 Å². The molecule has 78 valence electrons. The van der Waals surface area contributed by atoms with E-state index in [9.17, 15) is 4.79 Å². The summed E-state index contributed by atoms with van der Waals surface area (Å²) in [7, 11) is 0. The number of nitrogens with one attached hydrogen (secondary N) is 1. The third-order valence-corrected chi connectivity index (χ3v) is 1.81. The summed E-state index contributed by atoms with van der Waals surface area (Å²) < 4.78 is 9.85. The molecule has 1 N–H and O–H groups in total. The lowest BCUT2D eigenvalue weighted by Gasteiger charge is -1.97. The van der Waals surface area contributed by atoms with Crippen LogP contribution in [0.25, 0.3) is 0 Å². The van der Waals surface area contributed by atoms with Gasteiger partial charge in [-0.15, -0.1) is 0 Å². The maximum atomic E-state index is 11.4. The zero-order valence-corrected chi connectivity index (χ0v) is 8.19. The average Bonchev–Trinajstić information content (AvgIpc) is 2.77. The first-order chi connectivity index (χ1) is 7.24. The number of aromatic nitrogens is 1. The number of aryl methyl sites for hydroxylation is 1. The van der Waals surface area contributed by atoms with Gasteiger partial charge < -0.3 is 14.3 Å². The minimum absolute atomic E-state index is 0.182. The number of furan rings is 1. The van der Waals surface area contributed by atoms with E-state index in [1.54, 1.807) is 25.1 Å². The van der Waals surface area contributed by atoms with Gasteiger partial charge >= 0.3 is 0 Å². The second-order valence-corrected chi connectivity index (χ2v) is 3.13. The number of amides is 1. The van der Waals surface area contributed by atoms with Crippen molar-refractivity contribution in [2.24, 2.45) is 0 Å². The quantitative estimate of drug-likeness (QED) is 0.830.